The average Bonchev–Trinajstić information content (AvgIpc) is 2.16. The summed E-state index contributed by atoms with van der Waals surface area (Å²) in [6.07, 6.45) is 1.70. The molecular formula is C10H12FN. The smallest absolute Gasteiger partial charge is 0.111 e. The summed E-state index contributed by atoms with van der Waals surface area (Å²) in [5.74, 6) is 0. The van der Waals surface area contributed by atoms with Crippen LogP contribution in [0.1, 0.15) is 12.5 Å². The van der Waals surface area contributed by atoms with E-state index < -0.39 is 6.67 Å². The van der Waals surface area contributed by atoms with Crippen molar-refractivity contribution in [3.63, 3.8) is 0 Å². The summed E-state index contributed by atoms with van der Waals surface area (Å²) >= 11 is 0. The zero-order valence-electron chi connectivity index (χ0n) is 7.07. The first-order chi connectivity index (χ1) is 5.83. The van der Waals surface area contributed by atoms with Crippen molar-refractivity contribution in [2.24, 2.45) is 4.99 Å². The second-order valence-corrected chi connectivity index (χ2v) is 2.69. The van der Waals surface area contributed by atoms with E-state index in [2.05, 4.69) is 4.99 Å². The van der Waals surface area contributed by atoms with E-state index in [0.717, 1.165) is 5.56 Å². The maximum absolute atomic E-state index is 12.0. The van der Waals surface area contributed by atoms with Gasteiger partial charge in [0.2, 0.25) is 0 Å². The molecule has 64 valence electrons. The van der Waals surface area contributed by atoms with Crippen molar-refractivity contribution in [1.29, 1.82) is 0 Å². The molecule has 0 aliphatic carbocycles. The minimum absolute atomic E-state index is 0.231. The molecule has 0 radical (unpaired) electrons. The summed E-state index contributed by atoms with van der Waals surface area (Å²) in [5.41, 5.74) is 1.01. The van der Waals surface area contributed by atoms with E-state index in [1.165, 1.54) is 0 Å². The number of aliphatic imine (C=N–C) groups is 1. The van der Waals surface area contributed by atoms with Crippen LogP contribution in [0.15, 0.2) is 35.3 Å². The lowest BCUT2D eigenvalue weighted by Crippen LogP contribution is -2.00. The lowest BCUT2D eigenvalue weighted by atomic mass is 10.2. The van der Waals surface area contributed by atoms with E-state index in [4.69, 9.17) is 0 Å². The van der Waals surface area contributed by atoms with Crippen molar-refractivity contribution in [2.45, 2.75) is 13.0 Å². The lowest BCUT2D eigenvalue weighted by Gasteiger charge is -1.97. The molecule has 0 aliphatic rings. The minimum Gasteiger partial charge on any atom is -0.287 e. The first-order valence-corrected chi connectivity index (χ1v) is 3.97. The second-order valence-electron chi connectivity index (χ2n) is 2.69. The molecule has 1 aromatic carbocycles. The summed E-state index contributed by atoms with van der Waals surface area (Å²) < 4.78 is 12.0. The molecular weight excluding hydrogens is 153 g/mol. The number of halogens is 1. The Labute approximate surface area is 72.0 Å². The van der Waals surface area contributed by atoms with Crippen LogP contribution in [-0.4, -0.2) is 18.9 Å². The Morgan fingerprint density at radius 3 is 2.67 bits per heavy atom. The summed E-state index contributed by atoms with van der Waals surface area (Å²) in [6.45, 7) is 1.35. The first-order valence-electron chi connectivity index (χ1n) is 3.97. The van der Waals surface area contributed by atoms with Crippen molar-refractivity contribution in [1.82, 2.24) is 0 Å². The Hall–Kier alpha value is -1.18. The van der Waals surface area contributed by atoms with E-state index >= 15 is 0 Å². The highest BCUT2D eigenvalue weighted by atomic mass is 19.1. The van der Waals surface area contributed by atoms with Gasteiger partial charge in [-0.25, -0.2) is 4.39 Å². The fourth-order valence-electron chi connectivity index (χ4n) is 0.792. The molecule has 2 heteroatoms. The summed E-state index contributed by atoms with van der Waals surface area (Å²) in [4.78, 5) is 4.01. The van der Waals surface area contributed by atoms with Gasteiger partial charge in [-0.05, 0) is 12.5 Å². The molecule has 1 nitrogen and oxygen atoms in total. The van der Waals surface area contributed by atoms with Crippen LogP contribution in [0, 0.1) is 0 Å². The first kappa shape index (κ1) is 8.91. The molecule has 0 heterocycles. The molecule has 0 amide bonds. The van der Waals surface area contributed by atoms with Crippen LogP contribution in [0.25, 0.3) is 0 Å². The molecule has 0 aliphatic heterocycles. The van der Waals surface area contributed by atoms with Gasteiger partial charge in [0.1, 0.15) is 6.67 Å². The highest BCUT2D eigenvalue weighted by Gasteiger charge is 1.93. The largest absolute Gasteiger partial charge is 0.287 e. The van der Waals surface area contributed by atoms with E-state index in [9.17, 15) is 4.39 Å². The normalized spacial score (nSPS) is 13.5. The van der Waals surface area contributed by atoms with Crippen LogP contribution in [0.3, 0.4) is 0 Å². The minimum atomic E-state index is -0.399. The van der Waals surface area contributed by atoms with Gasteiger partial charge in [0.25, 0.3) is 0 Å². The molecule has 1 unspecified atom stereocenters. The molecule has 0 spiro atoms. The van der Waals surface area contributed by atoms with Gasteiger partial charge < -0.3 is 0 Å². The van der Waals surface area contributed by atoms with Crippen molar-refractivity contribution in [2.75, 3.05) is 6.67 Å². The molecule has 1 atom stereocenters. The highest BCUT2D eigenvalue weighted by molar-refractivity contribution is 5.79. The standard InChI is InChI=1S/C10H12FN/c1-9(7-11)12-8-10-5-3-2-4-6-10/h2-6,8-9H,7H2,1H3/b12-8+. The van der Waals surface area contributed by atoms with Gasteiger partial charge >= 0.3 is 0 Å². The zero-order chi connectivity index (χ0) is 8.81. The topological polar surface area (TPSA) is 12.4 Å². The van der Waals surface area contributed by atoms with Gasteiger partial charge in [-0.2, -0.15) is 0 Å². The van der Waals surface area contributed by atoms with Gasteiger partial charge in [0.15, 0.2) is 0 Å². The van der Waals surface area contributed by atoms with Gasteiger partial charge in [0, 0.05) is 6.21 Å². The monoisotopic (exact) mass is 165 g/mol. The van der Waals surface area contributed by atoms with E-state index in [1.807, 2.05) is 30.3 Å². The van der Waals surface area contributed by atoms with Gasteiger partial charge in [-0.1, -0.05) is 30.3 Å². The Kier molecular flexibility index (Phi) is 3.45. The Balaban J connectivity index is 2.58. The number of nitrogens with zero attached hydrogens (tertiary/aromatic N) is 1. The average molecular weight is 165 g/mol. The predicted octanol–water partition coefficient (Wildman–Crippen LogP) is 2.46. The molecule has 0 bridgehead atoms. The Morgan fingerprint density at radius 2 is 2.08 bits per heavy atom. The van der Waals surface area contributed by atoms with Gasteiger partial charge in [0.05, 0.1) is 6.04 Å². The summed E-state index contributed by atoms with van der Waals surface area (Å²) in [7, 11) is 0. The van der Waals surface area contributed by atoms with Crippen LogP contribution in [0.5, 0.6) is 0 Å². The molecule has 0 saturated carbocycles. The molecule has 1 rings (SSSR count). The Morgan fingerprint density at radius 1 is 1.42 bits per heavy atom. The number of rotatable bonds is 3. The molecule has 0 aromatic heterocycles. The zero-order valence-corrected chi connectivity index (χ0v) is 7.07. The number of hydrogen-bond donors (Lipinski definition) is 0. The molecule has 1 aromatic rings. The SMILES string of the molecule is CC(CF)/N=C/c1ccccc1. The lowest BCUT2D eigenvalue weighted by molar-refractivity contribution is 0.447. The van der Waals surface area contributed by atoms with Crippen molar-refractivity contribution in [3.8, 4) is 0 Å². The summed E-state index contributed by atoms with van der Waals surface area (Å²) in [6, 6.07) is 9.45. The van der Waals surface area contributed by atoms with Crippen molar-refractivity contribution in [3.05, 3.63) is 35.9 Å². The van der Waals surface area contributed by atoms with Gasteiger partial charge in [-0.15, -0.1) is 0 Å². The van der Waals surface area contributed by atoms with Crippen LogP contribution in [0.2, 0.25) is 0 Å². The number of benzene rings is 1. The molecule has 0 N–H and O–H groups in total. The van der Waals surface area contributed by atoms with Gasteiger partial charge in [-0.3, -0.25) is 4.99 Å². The fraction of sp³-hybridized carbons (Fsp3) is 0.300. The second kappa shape index (κ2) is 4.65. The van der Waals surface area contributed by atoms with Crippen LogP contribution >= 0.6 is 0 Å². The maximum Gasteiger partial charge on any atom is 0.111 e. The van der Waals surface area contributed by atoms with Crippen LogP contribution in [-0.2, 0) is 0 Å². The van der Waals surface area contributed by atoms with E-state index in [0.29, 0.717) is 0 Å². The predicted molar refractivity (Wildman–Crippen MR) is 49.5 cm³/mol. The number of alkyl halides is 1. The Bertz CT molecular complexity index is 243. The molecule has 12 heavy (non-hydrogen) atoms. The van der Waals surface area contributed by atoms with Crippen molar-refractivity contribution >= 4 is 6.21 Å². The molecule has 0 fully saturated rings. The molecule has 0 saturated heterocycles. The van der Waals surface area contributed by atoms with E-state index in [1.54, 1.807) is 13.1 Å². The third-order valence-corrected chi connectivity index (χ3v) is 1.50. The quantitative estimate of drug-likeness (QED) is 0.610. The van der Waals surface area contributed by atoms with Crippen LogP contribution < -0.4 is 0 Å². The fourth-order valence-corrected chi connectivity index (χ4v) is 0.792. The third-order valence-electron chi connectivity index (χ3n) is 1.50. The maximum atomic E-state index is 12.0. The van der Waals surface area contributed by atoms with E-state index in [-0.39, 0.29) is 6.04 Å². The summed E-state index contributed by atoms with van der Waals surface area (Å²) in [5, 5.41) is 0. The number of hydrogen-bond acceptors (Lipinski definition) is 1. The van der Waals surface area contributed by atoms with Crippen molar-refractivity contribution < 1.29 is 4.39 Å². The highest BCUT2D eigenvalue weighted by Crippen LogP contribution is 1.96. The van der Waals surface area contributed by atoms with Crippen LogP contribution in [0.4, 0.5) is 4.39 Å². The third kappa shape index (κ3) is 2.82.